The Hall–Kier alpha value is -1.04. The third-order valence-corrected chi connectivity index (χ3v) is 7.16. The molecule has 0 radical (unpaired) electrons. The summed E-state index contributed by atoms with van der Waals surface area (Å²) in [5.41, 5.74) is 3.52. The van der Waals surface area contributed by atoms with Gasteiger partial charge in [-0.25, -0.2) is 4.98 Å². The fourth-order valence-electron chi connectivity index (χ4n) is 3.27. The number of morpholine rings is 2. The number of aromatic nitrogens is 2. The molecule has 2 fully saturated rings. The topological polar surface area (TPSA) is 42.2 Å². The number of imidazole rings is 1. The van der Waals surface area contributed by atoms with Crippen LogP contribution >= 0.6 is 8.22 Å². The van der Waals surface area contributed by atoms with Crippen LogP contribution in [0.3, 0.4) is 0 Å². The lowest BCUT2D eigenvalue weighted by molar-refractivity contribution is 0.0593. The van der Waals surface area contributed by atoms with E-state index in [2.05, 4.69) is 45.1 Å². The standard InChI is InChI=1S/C16H23N4O2P/c1-14-16(20-5-3-2-4-15(20)17-14)23(18-6-10-21-11-7-18)19-8-12-22-13-9-19/h2-5H,6-13H2,1H3. The average Bonchev–Trinajstić information content (AvgIpc) is 2.94. The van der Waals surface area contributed by atoms with Gasteiger partial charge in [-0.15, -0.1) is 0 Å². The van der Waals surface area contributed by atoms with Crippen molar-refractivity contribution >= 4 is 19.3 Å². The van der Waals surface area contributed by atoms with Gasteiger partial charge >= 0.3 is 0 Å². The molecule has 23 heavy (non-hydrogen) atoms. The summed E-state index contributed by atoms with van der Waals surface area (Å²) in [6.07, 6.45) is 2.14. The number of hydrogen-bond donors (Lipinski definition) is 0. The maximum atomic E-state index is 5.58. The molecule has 0 amide bonds. The second kappa shape index (κ2) is 6.83. The lowest BCUT2D eigenvalue weighted by atomic mass is 10.5. The van der Waals surface area contributed by atoms with Gasteiger partial charge in [0, 0.05) is 32.4 Å². The number of aryl methyl sites for hydroxylation is 1. The summed E-state index contributed by atoms with van der Waals surface area (Å²) < 4.78 is 18.6. The summed E-state index contributed by atoms with van der Waals surface area (Å²) in [6, 6.07) is 6.23. The van der Waals surface area contributed by atoms with Crippen LogP contribution in [-0.4, -0.2) is 71.3 Å². The highest BCUT2D eigenvalue weighted by molar-refractivity contribution is 7.60. The molecule has 0 spiro atoms. The van der Waals surface area contributed by atoms with Crippen molar-refractivity contribution < 1.29 is 9.47 Å². The highest BCUT2D eigenvalue weighted by Crippen LogP contribution is 2.44. The molecule has 2 aromatic rings. The van der Waals surface area contributed by atoms with Crippen LogP contribution in [0.25, 0.3) is 5.65 Å². The third-order valence-electron chi connectivity index (χ3n) is 4.37. The number of ether oxygens (including phenoxy) is 2. The van der Waals surface area contributed by atoms with Crippen molar-refractivity contribution in [2.75, 3.05) is 52.6 Å². The molecule has 124 valence electrons. The molecule has 2 aromatic heterocycles. The fourth-order valence-corrected chi connectivity index (χ4v) is 5.95. The number of rotatable bonds is 3. The first kappa shape index (κ1) is 15.5. The molecule has 2 aliphatic heterocycles. The van der Waals surface area contributed by atoms with E-state index in [-0.39, 0.29) is 0 Å². The molecular formula is C16H23N4O2P. The zero-order valence-corrected chi connectivity index (χ0v) is 14.4. The van der Waals surface area contributed by atoms with Crippen molar-refractivity contribution in [3.05, 3.63) is 30.1 Å². The van der Waals surface area contributed by atoms with Gasteiger partial charge in [-0.1, -0.05) is 6.07 Å². The van der Waals surface area contributed by atoms with Gasteiger partial charge in [0.1, 0.15) is 5.65 Å². The minimum absolute atomic E-state index is 0.569. The van der Waals surface area contributed by atoms with Crippen LogP contribution in [0.15, 0.2) is 24.4 Å². The van der Waals surface area contributed by atoms with E-state index >= 15 is 0 Å². The summed E-state index contributed by atoms with van der Waals surface area (Å²) >= 11 is 0. The van der Waals surface area contributed by atoms with Crippen molar-refractivity contribution in [1.82, 2.24) is 18.7 Å². The first-order valence-electron chi connectivity index (χ1n) is 8.23. The van der Waals surface area contributed by atoms with Crippen LogP contribution in [0, 0.1) is 6.92 Å². The zero-order chi connectivity index (χ0) is 15.6. The van der Waals surface area contributed by atoms with Crippen molar-refractivity contribution in [3.63, 3.8) is 0 Å². The van der Waals surface area contributed by atoms with Crippen LogP contribution in [0.4, 0.5) is 0 Å². The summed E-state index contributed by atoms with van der Waals surface area (Å²) in [6.45, 7) is 9.37. The normalized spacial score (nSPS) is 21.3. The predicted molar refractivity (Wildman–Crippen MR) is 91.3 cm³/mol. The van der Waals surface area contributed by atoms with Crippen LogP contribution < -0.4 is 5.44 Å². The van der Waals surface area contributed by atoms with E-state index in [0.29, 0.717) is 0 Å². The molecule has 0 unspecified atom stereocenters. The number of pyridine rings is 1. The Bertz CT molecular complexity index is 647. The van der Waals surface area contributed by atoms with Crippen molar-refractivity contribution in [2.24, 2.45) is 0 Å². The highest BCUT2D eigenvalue weighted by Gasteiger charge is 2.33. The van der Waals surface area contributed by atoms with Crippen LogP contribution in [0.1, 0.15) is 5.69 Å². The molecule has 6 nitrogen and oxygen atoms in total. The summed E-state index contributed by atoms with van der Waals surface area (Å²) in [4.78, 5) is 4.79. The van der Waals surface area contributed by atoms with Gasteiger partial charge in [-0.05, 0) is 19.1 Å². The molecule has 2 aliphatic rings. The van der Waals surface area contributed by atoms with Gasteiger partial charge in [0.05, 0.1) is 45.8 Å². The van der Waals surface area contributed by atoms with Crippen molar-refractivity contribution in [2.45, 2.75) is 6.92 Å². The second-order valence-corrected chi connectivity index (χ2v) is 8.01. The van der Waals surface area contributed by atoms with E-state index in [1.54, 1.807) is 0 Å². The maximum absolute atomic E-state index is 5.58. The lowest BCUT2D eigenvalue weighted by Crippen LogP contribution is -2.44. The van der Waals surface area contributed by atoms with E-state index in [1.165, 1.54) is 5.44 Å². The van der Waals surface area contributed by atoms with Gasteiger partial charge < -0.3 is 9.47 Å². The Morgan fingerprint density at radius 3 is 2.17 bits per heavy atom. The Balaban J connectivity index is 1.77. The molecule has 0 saturated carbocycles. The summed E-state index contributed by atoms with van der Waals surface area (Å²) in [7, 11) is -0.569. The summed E-state index contributed by atoms with van der Waals surface area (Å²) in [5.74, 6) is 0. The molecule has 0 aliphatic carbocycles. The van der Waals surface area contributed by atoms with Crippen LogP contribution in [0.2, 0.25) is 0 Å². The van der Waals surface area contributed by atoms with Gasteiger partial charge in [0.2, 0.25) is 0 Å². The third kappa shape index (κ3) is 3.02. The first-order chi connectivity index (χ1) is 11.3. The minimum atomic E-state index is -0.569. The van der Waals surface area contributed by atoms with Gasteiger partial charge in [-0.2, -0.15) is 0 Å². The Kier molecular flexibility index (Phi) is 4.60. The van der Waals surface area contributed by atoms with Gasteiger partial charge in [0.25, 0.3) is 0 Å². The molecule has 0 N–H and O–H groups in total. The van der Waals surface area contributed by atoms with E-state index in [0.717, 1.165) is 63.9 Å². The zero-order valence-electron chi connectivity index (χ0n) is 13.5. The number of nitrogens with zero attached hydrogens (tertiary/aromatic N) is 4. The lowest BCUT2D eigenvalue weighted by Gasteiger charge is -2.42. The molecule has 0 bridgehead atoms. The quantitative estimate of drug-likeness (QED) is 0.790. The number of hydrogen-bond acceptors (Lipinski definition) is 5. The van der Waals surface area contributed by atoms with E-state index in [4.69, 9.17) is 14.5 Å². The molecule has 0 atom stereocenters. The molecule has 7 heteroatoms. The van der Waals surface area contributed by atoms with E-state index < -0.39 is 8.22 Å². The summed E-state index contributed by atoms with van der Waals surface area (Å²) in [5, 5.41) is 0. The maximum Gasteiger partial charge on any atom is 0.137 e. The van der Waals surface area contributed by atoms with E-state index in [9.17, 15) is 0 Å². The van der Waals surface area contributed by atoms with Crippen LogP contribution in [-0.2, 0) is 9.47 Å². The Labute approximate surface area is 137 Å². The largest absolute Gasteiger partial charge is 0.379 e. The predicted octanol–water partition coefficient (Wildman–Crippen LogP) is 1.24. The van der Waals surface area contributed by atoms with Crippen molar-refractivity contribution in [3.8, 4) is 0 Å². The molecule has 4 rings (SSSR count). The van der Waals surface area contributed by atoms with Gasteiger partial charge in [0.15, 0.2) is 0 Å². The van der Waals surface area contributed by atoms with Crippen molar-refractivity contribution in [1.29, 1.82) is 0 Å². The molecule has 0 aromatic carbocycles. The van der Waals surface area contributed by atoms with Gasteiger partial charge in [-0.3, -0.25) is 13.7 Å². The Morgan fingerprint density at radius 1 is 0.957 bits per heavy atom. The van der Waals surface area contributed by atoms with Crippen LogP contribution in [0.5, 0.6) is 0 Å². The number of fused-ring (bicyclic) bond motifs is 1. The smallest absolute Gasteiger partial charge is 0.137 e. The first-order valence-corrected chi connectivity index (χ1v) is 9.48. The molecular weight excluding hydrogens is 311 g/mol. The monoisotopic (exact) mass is 334 g/mol. The molecule has 2 saturated heterocycles. The SMILES string of the molecule is Cc1nc2ccccn2c1P(N1CCOCC1)N1CCOCC1. The molecule has 4 heterocycles. The average molecular weight is 334 g/mol. The second-order valence-electron chi connectivity index (χ2n) is 5.87. The van der Waals surface area contributed by atoms with E-state index in [1.807, 2.05) is 0 Å². The Morgan fingerprint density at radius 2 is 1.57 bits per heavy atom. The fraction of sp³-hybridized carbons (Fsp3) is 0.562. The minimum Gasteiger partial charge on any atom is -0.379 e. The highest BCUT2D eigenvalue weighted by atomic mass is 31.1.